The van der Waals surface area contributed by atoms with Crippen LogP contribution in [0.5, 0.6) is 5.75 Å². The van der Waals surface area contributed by atoms with Crippen LogP contribution in [0.3, 0.4) is 0 Å². The average molecular weight is 240 g/mol. The minimum absolute atomic E-state index is 0.00764. The highest BCUT2D eigenvalue weighted by atomic mass is 16.5. The number of carbonyl (C=O) groups is 1. The van der Waals surface area contributed by atoms with Gasteiger partial charge >= 0.3 is 6.03 Å². The molecule has 1 aromatic rings. The van der Waals surface area contributed by atoms with E-state index in [1.54, 1.807) is 24.3 Å². The first-order valence-corrected chi connectivity index (χ1v) is 5.13. The van der Waals surface area contributed by atoms with Crippen LogP contribution in [0.2, 0.25) is 0 Å². The fourth-order valence-electron chi connectivity index (χ4n) is 1.15. The van der Waals surface area contributed by atoms with E-state index >= 15 is 0 Å². The number of methoxy groups -OCH3 is 1. The molecule has 1 unspecified atom stereocenters. The second-order valence-electron chi connectivity index (χ2n) is 3.40. The molecule has 0 spiro atoms. The molecule has 0 aliphatic rings. The SMILES string of the molecule is COc1cccc(NC(=O)NCC(O)CO)c1. The summed E-state index contributed by atoms with van der Waals surface area (Å²) in [7, 11) is 1.54. The quantitative estimate of drug-likeness (QED) is 0.590. The van der Waals surface area contributed by atoms with Crippen LogP contribution in [0.4, 0.5) is 10.5 Å². The highest BCUT2D eigenvalue weighted by Crippen LogP contribution is 2.16. The van der Waals surface area contributed by atoms with Crippen molar-refractivity contribution in [3.63, 3.8) is 0 Å². The molecule has 0 heterocycles. The van der Waals surface area contributed by atoms with Gasteiger partial charge in [-0.15, -0.1) is 0 Å². The molecule has 0 aliphatic carbocycles. The molecule has 94 valence electrons. The van der Waals surface area contributed by atoms with E-state index in [-0.39, 0.29) is 13.2 Å². The Bertz CT molecular complexity index is 370. The smallest absolute Gasteiger partial charge is 0.319 e. The van der Waals surface area contributed by atoms with Crippen LogP contribution in [0.25, 0.3) is 0 Å². The van der Waals surface area contributed by atoms with Crippen molar-refractivity contribution in [3.05, 3.63) is 24.3 Å². The van der Waals surface area contributed by atoms with Gasteiger partial charge in [-0.3, -0.25) is 0 Å². The van der Waals surface area contributed by atoms with E-state index in [2.05, 4.69) is 10.6 Å². The van der Waals surface area contributed by atoms with Crippen molar-refractivity contribution < 1.29 is 19.7 Å². The number of urea groups is 1. The zero-order valence-electron chi connectivity index (χ0n) is 9.51. The van der Waals surface area contributed by atoms with Crippen LogP contribution in [0, 0.1) is 0 Å². The zero-order valence-corrected chi connectivity index (χ0v) is 9.51. The average Bonchev–Trinajstić information content (AvgIpc) is 2.36. The standard InChI is InChI=1S/C11H16N2O4/c1-17-10-4-2-3-8(5-10)13-11(16)12-6-9(15)7-14/h2-5,9,14-15H,6-7H2,1H3,(H2,12,13,16). The van der Waals surface area contributed by atoms with Crippen LogP contribution in [0.15, 0.2) is 24.3 Å². The molecular weight excluding hydrogens is 224 g/mol. The third kappa shape index (κ3) is 4.71. The first-order valence-electron chi connectivity index (χ1n) is 5.13. The van der Waals surface area contributed by atoms with Gasteiger partial charge in [0.25, 0.3) is 0 Å². The number of carbonyl (C=O) groups excluding carboxylic acids is 1. The number of amides is 2. The van der Waals surface area contributed by atoms with Crippen molar-refractivity contribution in [2.24, 2.45) is 0 Å². The predicted molar refractivity (Wildman–Crippen MR) is 63.1 cm³/mol. The van der Waals surface area contributed by atoms with Crippen LogP contribution in [0.1, 0.15) is 0 Å². The summed E-state index contributed by atoms with van der Waals surface area (Å²) in [6.45, 7) is -0.397. The van der Waals surface area contributed by atoms with Crippen LogP contribution < -0.4 is 15.4 Å². The minimum atomic E-state index is -0.953. The van der Waals surface area contributed by atoms with E-state index in [0.29, 0.717) is 11.4 Å². The maximum atomic E-state index is 11.4. The molecule has 0 aromatic heterocycles. The summed E-state index contributed by atoms with van der Waals surface area (Å²) in [5, 5.41) is 22.6. The topological polar surface area (TPSA) is 90.8 Å². The lowest BCUT2D eigenvalue weighted by atomic mass is 10.3. The Morgan fingerprint density at radius 3 is 2.94 bits per heavy atom. The summed E-state index contributed by atoms with van der Waals surface area (Å²) >= 11 is 0. The zero-order chi connectivity index (χ0) is 12.7. The van der Waals surface area contributed by atoms with Gasteiger partial charge in [-0.2, -0.15) is 0 Å². The molecule has 1 rings (SSSR count). The lowest BCUT2D eigenvalue weighted by Crippen LogP contribution is -2.36. The van der Waals surface area contributed by atoms with E-state index in [0.717, 1.165) is 0 Å². The Morgan fingerprint density at radius 1 is 1.53 bits per heavy atom. The number of rotatable bonds is 5. The summed E-state index contributed by atoms with van der Waals surface area (Å²) in [5.41, 5.74) is 0.584. The predicted octanol–water partition coefficient (Wildman–Crippen LogP) is 0.170. The Hall–Kier alpha value is -1.79. The van der Waals surface area contributed by atoms with Gasteiger partial charge in [0, 0.05) is 18.3 Å². The molecule has 0 saturated heterocycles. The van der Waals surface area contributed by atoms with Gasteiger partial charge in [-0.1, -0.05) is 6.07 Å². The number of hydrogen-bond acceptors (Lipinski definition) is 4. The Balaban J connectivity index is 2.44. The summed E-state index contributed by atoms with van der Waals surface area (Å²) in [4.78, 5) is 11.4. The van der Waals surface area contributed by atoms with Crippen LogP contribution in [-0.4, -0.2) is 42.6 Å². The number of hydrogen-bond donors (Lipinski definition) is 4. The molecule has 6 heteroatoms. The van der Waals surface area contributed by atoms with E-state index in [9.17, 15) is 4.79 Å². The fraction of sp³-hybridized carbons (Fsp3) is 0.364. The summed E-state index contributed by atoms with van der Waals surface area (Å²) in [6, 6.07) is 6.44. The molecular formula is C11H16N2O4. The highest BCUT2D eigenvalue weighted by molar-refractivity contribution is 5.89. The molecule has 17 heavy (non-hydrogen) atoms. The summed E-state index contributed by atoms with van der Waals surface area (Å²) < 4.78 is 5.01. The van der Waals surface area contributed by atoms with E-state index in [4.69, 9.17) is 14.9 Å². The second-order valence-corrected chi connectivity index (χ2v) is 3.40. The normalized spacial score (nSPS) is 11.7. The second kappa shape index (κ2) is 6.72. The van der Waals surface area contributed by atoms with Gasteiger partial charge in [-0.25, -0.2) is 4.79 Å². The number of aliphatic hydroxyl groups excluding tert-OH is 2. The molecule has 2 amide bonds. The van der Waals surface area contributed by atoms with Crippen molar-refractivity contribution in [1.29, 1.82) is 0 Å². The maximum Gasteiger partial charge on any atom is 0.319 e. The van der Waals surface area contributed by atoms with Gasteiger partial charge in [0.1, 0.15) is 5.75 Å². The molecule has 0 fully saturated rings. The first-order chi connectivity index (χ1) is 8.15. The van der Waals surface area contributed by atoms with Crippen molar-refractivity contribution in [1.82, 2.24) is 5.32 Å². The Morgan fingerprint density at radius 2 is 2.29 bits per heavy atom. The van der Waals surface area contributed by atoms with Crippen molar-refractivity contribution in [2.45, 2.75) is 6.10 Å². The number of aliphatic hydroxyl groups is 2. The van der Waals surface area contributed by atoms with E-state index in [1.165, 1.54) is 7.11 Å². The monoisotopic (exact) mass is 240 g/mol. The van der Waals surface area contributed by atoms with Gasteiger partial charge in [0.05, 0.1) is 19.8 Å². The number of ether oxygens (including phenoxy) is 1. The molecule has 1 atom stereocenters. The number of anilines is 1. The summed E-state index contributed by atoms with van der Waals surface area (Å²) in [6.07, 6.45) is -0.953. The van der Waals surface area contributed by atoms with Gasteiger partial charge in [-0.05, 0) is 12.1 Å². The van der Waals surface area contributed by atoms with Crippen molar-refractivity contribution >= 4 is 11.7 Å². The number of nitrogens with one attached hydrogen (secondary N) is 2. The maximum absolute atomic E-state index is 11.4. The van der Waals surface area contributed by atoms with Gasteiger partial charge in [0.15, 0.2) is 0 Å². The molecule has 1 aromatic carbocycles. The third-order valence-corrected chi connectivity index (χ3v) is 2.04. The van der Waals surface area contributed by atoms with E-state index < -0.39 is 12.1 Å². The van der Waals surface area contributed by atoms with Crippen LogP contribution in [-0.2, 0) is 0 Å². The molecule has 6 nitrogen and oxygen atoms in total. The fourth-order valence-corrected chi connectivity index (χ4v) is 1.15. The molecule has 0 radical (unpaired) electrons. The van der Waals surface area contributed by atoms with Crippen molar-refractivity contribution in [3.8, 4) is 5.75 Å². The minimum Gasteiger partial charge on any atom is -0.497 e. The van der Waals surface area contributed by atoms with Crippen molar-refractivity contribution in [2.75, 3.05) is 25.6 Å². The lowest BCUT2D eigenvalue weighted by molar-refractivity contribution is 0.0965. The third-order valence-electron chi connectivity index (χ3n) is 2.04. The molecule has 0 bridgehead atoms. The lowest BCUT2D eigenvalue weighted by Gasteiger charge is -2.10. The van der Waals surface area contributed by atoms with Crippen LogP contribution >= 0.6 is 0 Å². The van der Waals surface area contributed by atoms with E-state index in [1.807, 2.05) is 0 Å². The van der Waals surface area contributed by atoms with Gasteiger partial charge in [0.2, 0.25) is 0 Å². The molecule has 4 N–H and O–H groups in total. The van der Waals surface area contributed by atoms with Gasteiger partial charge < -0.3 is 25.6 Å². The number of benzene rings is 1. The Labute approximate surface area is 99.2 Å². The molecule has 0 aliphatic heterocycles. The highest BCUT2D eigenvalue weighted by Gasteiger charge is 2.05. The molecule has 0 saturated carbocycles. The Kier molecular flexibility index (Phi) is 5.25. The first kappa shape index (κ1) is 13.3. The largest absolute Gasteiger partial charge is 0.497 e. The summed E-state index contributed by atoms with van der Waals surface area (Å²) in [5.74, 6) is 0.637.